The maximum atomic E-state index is 11.9. The third-order valence-electron chi connectivity index (χ3n) is 2.79. The summed E-state index contributed by atoms with van der Waals surface area (Å²) in [5, 5.41) is 0. The first-order chi connectivity index (χ1) is 6.61. The summed E-state index contributed by atoms with van der Waals surface area (Å²) in [7, 11) is 0. The second kappa shape index (κ2) is 4.91. The highest BCUT2D eigenvalue weighted by atomic mass is 16.1. The summed E-state index contributed by atoms with van der Waals surface area (Å²) in [6.07, 6.45) is 1.90. The normalized spacial score (nSPS) is 12.7. The van der Waals surface area contributed by atoms with Gasteiger partial charge in [0.2, 0.25) is 0 Å². The van der Waals surface area contributed by atoms with Crippen LogP contribution in [-0.2, 0) is 9.59 Å². The van der Waals surface area contributed by atoms with Gasteiger partial charge in [-0.2, -0.15) is 0 Å². The highest BCUT2D eigenvalue weighted by molar-refractivity contribution is 6.03. The Kier molecular flexibility index (Phi) is 4.69. The van der Waals surface area contributed by atoms with Gasteiger partial charge in [-0.25, -0.2) is 0 Å². The average Bonchev–Trinajstić information content (AvgIpc) is 2.01. The van der Waals surface area contributed by atoms with Crippen LogP contribution >= 0.6 is 0 Å². The fourth-order valence-electron chi connectivity index (χ4n) is 1.41. The molecular formula is C13H24O2. The Morgan fingerprint density at radius 2 is 1.40 bits per heavy atom. The first-order valence-corrected chi connectivity index (χ1v) is 5.68. The Morgan fingerprint density at radius 3 is 1.73 bits per heavy atom. The number of Topliss-reactive ketones (excluding diaryl/α,β-unsaturated/α-hetero) is 2. The van der Waals surface area contributed by atoms with Gasteiger partial charge in [0.05, 0.1) is 6.42 Å². The molecule has 0 heterocycles. The molecule has 0 N–H and O–H groups in total. The topological polar surface area (TPSA) is 34.1 Å². The molecule has 0 aromatic heterocycles. The van der Waals surface area contributed by atoms with Crippen molar-refractivity contribution < 1.29 is 9.59 Å². The fourth-order valence-corrected chi connectivity index (χ4v) is 1.41. The largest absolute Gasteiger partial charge is 0.299 e. The zero-order valence-electron chi connectivity index (χ0n) is 10.9. The molecule has 2 heteroatoms. The molecule has 2 nitrogen and oxygen atoms in total. The standard InChI is InChI=1S/C13H24O2/c1-7-8-13(5,6)11(15)9-10(14)12(2,3)4/h7-9H2,1-6H3. The monoisotopic (exact) mass is 212 g/mol. The predicted molar refractivity (Wildman–Crippen MR) is 62.8 cm³/mol. The SMILES string of the molecule is CCCC(C)(C)C(=O)CC(=O)C(C)(C)C. The van der Waals surface area contributed by atoms with Gasteiger partial charge in [0.15, 0.2) is 0 Å². The van der Waals surface area contributed by atoms with Gasteiger partial charge in [0, 0.05) is 10.8 Å². The zero-order valence-corrected chi connectivity index (χ0v) is 10.9. The quantitative estimate of drug-likeness (QED) is 0.655. The van der Waals surface area contributed by atoms with Gasteiger partial charge in [-0.3, -0.25) is 9.59 Å². The second-order valence-electron chi connectivity index (χ2n) is 5.91. The van der Waals surface area contributed by atoms with Crippen molar-refractivity contribution >= 4 is 11.6 Å². The second-order valence-corrected chi connectivity index (χ2v) is 5.91. The van der Waals surface area contributed by atoms with Gasteiger partial charge in [-0.15, -0.1) is 0 Å². The summed E-state index contributed by atoms with van der Waals surface area (Å²) in [6.45, 7) is 11.5. The number of carbonyl (C=O) groups is 2. The highest BCUT2D eigenvalue weighted by Crippen LogP contribution is 2.27. The van der Waals surface area contributed by atoms with Crippen LogP contribution in [0.3, 0.4) is 0 Å². The lowest BCUT2D eigenvalue weighted by Gasteiger charge is -2.24. The zero-order chi connectivity index (χ0) is 12.3. The summed E-state index contributed by atoms with van der Waals surface area (Å²) in [5.41, 5.74) is -0.756. The van der Waals surface area contributed by atoms with Crippen LogP contribution in [0.4, 0.5) is 0 Å². The van der Waals surface area contributed by atoms with Crippen LogP contribution in [0.2, 0.25) is 0 Å². The van der Waals surface area contributed by atoms with Crippen LogP contribution in [0.25, 0.3) is 0 Å². The maximum Gasteiger partial charge on any atom is 0.145 e. The van der Waals surface area contributed by atoms with Gasteiger partial charge in [-0.1, -0.05) is 48.0 Å². The number of ketones is 2. The lowest BCUT2D eigenvalue weighted by atomic mass is 9.78. The Morgan fingerprint density at radius 1 is 0.933 bits per heavy atom. The Labute approximate surface area is 93.4 Å². The Bertz CT molecular complexity index is 244. The molecule has 0 atom stereocenters. The van der Waals surface area contributed by atoms with Crippen molar-refractivity contribution in [2.45, 2.75) is 60.8 Å². The van der Waals surface area contributed by atoms with E-state index in [1.54, 1.807) is 0 Å². The molecule has 0 aromatic carbocycles. The molecule has 0 aliphatic carbocycles. The third kappa shape index (κ3) is 4.59. The Hall–Kier alpha value is -0.660. The van der Waals surface area contributed by atoms with E-state index in [9.17, 15) is 9.59 Å². The molecule has 0 rings (SSSR count). The molecule has 0 saturated heterocycles. The van der Waals surface area contributed by atoms with Crippen molar-refractivity contribution in [2.24, 2.45) is 10.8 Å². The molecule has 0 amide bonds. The Balaban J connectivity index is 4.44. The minimum absolute atomic E-state index is 0.0386. The molecule has 0 spiro atoms. The minimum Gasteiger partial charge on any atom is -0.299 e. The third-order valence-corrected chi connectivity index (χ3v) is 2.79. The van der Waals surface area contributed by atoms with Gasteiger partial charge in [-0.05, 0) is 6.42 Å². The highest BCUT2D eigenvalue weighted by Gasteiger charge is 2.31. The van der Waals surface area contributed by atoms with Crippen molar-refractivity contribution in [3.8, 4) is 0 Å². The van der Waals surface area contributed by atoms with E-state index in [1.165, 1.54) is 0 Å². The minimum atomic E-state index is -0.405. The van der Waals surface area contributed by atoms with Crippen LogP contribution in [0.5, 0.6) is 0 Å². The molecule has 88 valence electrons. The smallest absolute Gasteiger partial charge is 0.145 e. The predicted octanol–water partition coefficient (Wildman–Crippen LogP) is 3.39. The van der Waals surface area contributed by atoms with Crippen molar-refractivity contribution in [1.82, 2.24) is 0 Å². The maximum absolute atomic E-state index is 11.9. The van der Waals surface area contributed by atoms with E-state index >= 15 is 0 Å². The molecule has 0 saturated carbocycles. The molecule has 0 bridgehead atoms. The number of carbonyl (C=O) groups excluding carboxylic acids is 2. The molecule has 0 unspecified atom stereocenters. The van der Waals surface area contributed by atoms with Gasteiger partial charge >= 0.3 is 0 Å². The van der Waals surface area contributed by atoms with Crippen molar-refractivity contribution in [3.05, 3.63) is 0 Å². The number of hydrogen-bond donors (Lipinski definition) is 0. The van der Waals surface area contributed by atoms with E-state index < -0.39 is 5.41 Å². The molecule has 0 aliphatic rings. The summed E-state index contributed by atoms with van der Waals surface area (Å²) in [6, 6.07) is 0. The average molecular weight is 212 g/mol. The van der Waals surface area contributed by atoms with Crippen LogP contribution in [0, 0.1) is 10.8 Å². The van der Waals surface area contributed by atoms with Crippen molar-refractivity contribution in [1.29, 1.82) is 0 Å². The molecule has 0 aliphatic heterocycles. The molecular weight excluding hydrogens is 188 g/mol. The molecule has 15 heavy (non-hydrogen) atoms. The lowest BCUT2D eigenvalue weighted by molar-refractivity contribution is -0.135. The van der Waals surface area contributed by atoms with Crippen LogP contribution < -0.4 is 0 Å². The van der Waals surface area contributed by atoms with E-state index in [1.807, 2.05) is 34.6 Å². The summed E-state index contributed by atoms with van der Waals surface area (Å²) in [5.74, 6) is 0.112. The number of rotatable bonds is 5. The molecule has 0 aromatic rings. The first kappa shape index (κ1) is 14.3. The van der Waals surface area contributed by atoms with E-state index in [2.05, 4.69) is 6.92 Å². The van der Waals surface area contributed by atoms with E-state index in [0.717, 1.165) is 12.8 Å². The summed E-state index contributed by atoms with van der Waals surface area (Å²) < 4.78 is 0. The summed E-state index contributed by atoms with van der Waals surface area (Å²) >= 11 is 0. The van der Waals surface area contributed by atoms with Crippen LogP contribution in [-0.4, -0.2) is 11.6 Å². The first-order valence-electron chi connectivity index (χ1n) is 5.68. The lowest BCUT2D eigenvalue weighted by Crippen LogP contribution is -2.30. The van der Waals surface area contributed by atoms with Gasteiger partial charge < -0.3 is 0 Å². The molecule has 0 radical (unpaired) electrons. The van der Waals surface area contributed by atoms with Crippen LogP contribution in [0.15, 0.2) is 0 Å². The van der Waals surface area contributed by atoms with Crippen LogP contribution in [0.1, 0.15) is 60.8 Å². The van der Waals surface area contributed by atoms with Crippen molar-refractivity contribution in [3.63, 3.8) is 0 Å². The molecule has 0 fully saturated rings. The van der Waals surface area contributed by atoms with E-state index in [-0.39, 0.29) is 23.4 Å². The summed E-state index contributed by atoms with van der Waals surface area (Å²) in [4.78, 5) is 23.6. The van der Waals surface area contributed by atoms with E-state index in [0.29, 0.717) is 0 Å². The fraction of sp³-hybridized carbons (Fsp3) is 0.846. The van der Waals surface area contributed by atoms with Gasteiger partial charge in [0.25, 0.3) is 0 Å². The number of hydrogen-bond acceptors (Lipinski definition) is 2. The van der Waals surface area contributed by atoms with Gasteiger partial charge in [0.1, 0.15) is 11.6 Å². The van der Waals surface area contributed by atoms with E-state index in [4.69, 9.17) is 0 Å². The van der Waals surface area contributed by atoms with Crippen molar-refractivity contribution in [2.75, 3.05) is 0 Å².